The van der Waals surface area contributed by atoms with E-state index in [1.54, 1.807) is 0 Å². The summed E-state index contributed by atoms with van der Waals surface area (Å²) in [6.07, 6.45) is 3.62. The van der Waals surface area contributed by atoms with Gasteiger partial charge in [-0.2, -0.15) is 0 Å². The van der Waals surface area contributed by atoms with Crippen molar-refractivity contribution in [3.05, 3.63) is 0 Å². The first kappa shape index (κ1) is 12.5. The minimum Gasteiger partial charge on any atom is -0.395 e. The molecule has 0 aromatic rings. The van der Waals surface area contributed by atoms with Gasteiger partial charge in [-0.05, 0) is 26.7 Å². The molecular weight excluding hydrogens is 192 g/mol. The fourth-order valence-electron chi connectivity index (χ4n) is 2.20. The molecule has 1 aliphatic heterocycles. The number of nitrogens with one attached hydrogen (secondary N) is 1. The lowest BCUT2D eigenvalue weighted by Crippen LogP contribution is -2.48. The molecule has 88 valence electrons. The highest BCUT2D eigenvalue weighted by molar-refractivity contribution is 5.78. The zero-order valence-electron chi connectivity index (χ0n) is 9.70. The molecule has 1 heterocycles. The Morgan fingerprint density at radius 2 is 2.00 bits per heavy atom. The van der Waals surface area contributed by atoms with Gasteiger partial charge in [-0.25, -0.2) is 0 Å². The molecule has 1 saturated heterocycles. The highest BCUT2D eigenvalue weighted by Crippen LogP contribution is 2.21. The highest BCUT2D eigenvalue weighted by Gasteiger charge is 2.25. The number of rotatable bonds is 4. The Morgan fingerprint density at radius 3 is 2.53 bits per heavy atom. The third-order valence-electron chi connectivity index (χ3n) is 3.14. The fraction of sp³-hybridized carbons (Fsp3) is 0.909. The van der Waals surface area contributed by atoms with Gasteiger partial charge in [-0.3, -0.25) is 9.69 Å². The van der Waals surface area contributed by atoms with Crippen molar-refractivity contribution in [3.63, 3.8) is 0 Å². The van der Waals surface area contributed by atoms with Gasteiger partial charge in [0.15, 0.2) is 0 Å². The van der Waals surface area contributed by atoms with E-state index in [1.165, 1.54) is 19.3 Å². The topological polar surface area (TPSA) is 52.6 Å². The van der Waals surface area contributed by atoms with Gasteiger partial charge in [0, 0.05) is 18.6 Å². The maximum Gasteiger partial charge on any atom is 0.234 e. The van der Waals surface area contributed by atoms with Crippen LogP contribution in [0.4, 0.5) is 0 Å². The minimum absolute atomic E-state index is 0.0108. The maximum absolute atomic E-state index is 11.5. The Kier molecular flexibility index (Phi) is 5.05. The van der Waals surface area contributed by atoms with E-state index in [4.69, 9.17) is 5.11 Å². The standard InChI is InChI=1S/C11H22N2O2/c1-9-4-3-5-10(2)13(9)8-11(15)12-6-7-14/h9-10,14H,3-8H2,1-2H3,(H,12,15). The normalized spacial score (nSPS) is 27.7. The number of aliphatic hydroxyl groups is 1. The second-order valence-electron chi connectivity index (χ2n) is 4.37. The number of carbonyl (C=O) groups is 1. The molecule has 0 aromatic carbocycles. The highest BCUT2D eigenvalue weighted by atomic mass is 16.3. The minimum atomic E-state index is 0.0108. The van der Waals surface area contributed by atoms with Crippen LogP contribution in [0.1, 0.15) is 33.1 Å². The Labute approximate surface area is 91.6 Å². The first-order chi connectivity index (χ1) is 7.15. The van der Waals surface area contributed by atoms with E-state index < -0.39 is 0 Å². The van der Waals surface area contributed by atoms with Gasteiger partial charge in [-0.1, -0.05) is 6.42 Å². The molecular formula is C11H22N2O2. The molecule has 0 aliphatic carbocycles. The number of aliphatic hydroxyl groups excluding tert-OH is 1. The molecule has 0 bridgehead atoms. The number of hydrogen-bond acceptors (Lipinski definition) is 3. The van der Waals surface area contributed by atoms with Gasteiger partial charge in [0.1, 0.15) is 0 Å². The van der Waals surface area contributed by atoms with Gasteiger partial charge >= 0.3 is 0 Å². The summed E-state index contributed by atoms with van der Waals surface area (Å²) in [5, 5.41) is 11.3. The zero-order chi connectivity index (χ0) is 11.3. The largest absolute Gasteiger partial charge is 0.395 e. The molecule has 1 aliphatic rings. The third kappa shape index (κ3) is 3.80. The van der Waals surface area contributed by atoms with Crippen LogP contribution in [-0.4, -0.2) is 47.7 Å². The molecule has 4 nitrogen and oxygen atoms in total. The van der Waals surface area contributed by atoms with Crippen molar-refractivity contribution in [1.82, 2.24) is 10.2 Å². The predicted molar refractivity (Wildman–Crippen MR) is 59.6 cm³/mol. The Balaban J connectivity index is 2.37. The number of piperidine rings is 1. The van der Waals surface area contributed by atoms with E-state index in [1.807, 2.05) is 0 Å². The Morgan fingerprint density at radius 1 is 1.40 bits per heavy atom. The molecule has 15 heavy (non-hydrogen) atoms. The smallest absolute Gasteiger partial charge is 0.234 e. The van der Waals surface area contributed by atoms with Gasteiger partial charge in [0.2, 0.25) is 5.91 Å². The molecule has 2 unspecified atom stereocenters. The predicted octanol–water partition coefficient (Wildman–Crippen LogP) is 0.358. The summed E-state index contributed by atoms with van der Waals surface area (Å²) in [7, 11) is 0. The van der Waals surface area contributed by atoms with Crippen molar-refractivity contribution in [3.8, 4) is 0 Å². The van der Waals surface area contributed by atoms with Gasteiger partial charge in [0.25, 0.3) is 0 Å². The van der Waals surface area contributed by atoms with Crippen LogP contribution in [0, 0.1) is 0 Å². The second kappa shape index (κ2) is 6.08. The number of carbonyl (C=O) groups excluding carboxylic acids is 1. The van der Waals surface area contributed by atoms with Crippen LogP contribution < -0.4 is 5.32 Å². The van der Waals surface area contributed by atoms with Crippen molar-refractivity contribution in [2.75, 3.05) is 19.7 Å². The summed E-state index contributed by atoms with van der Waals surface area (Å²) >= 11 is 0. The average molecular weight is 214 g/mol. The van der Waals surface area contributed by atoms with E-state index in [0.717, 1.165) is 0 Å². The summed E-state index contributed by atoms with van der Waals surface area (Å²) in [6.45, 7) is 5.18. The lowest BCUT2D eigenvalue weighted by molar-refractivity contribution is -0.124. The first-order valence-corrected chi connectivity index (χ1v) is 5.78. The van der Waals surface area contributed by atoms with Crippen LogP contribution in [0.3, 0.4) is 0 Å². The monoisotopic (exact) mass is 214 g/mol. The van der Waals surface area contributed by atoms with Gasteiger partial charge < -0.3 is 10.4 Å². The maximum atomic E-state index is 11.5. The summed E-state index contributed by atoms with van der Waals surface area (Å²) in [5.41, 5.74) is 0. The van der Waals surface area contributed by atoms with E-state index in [-0.39, 0.29) is 12.5 Å². The molecule has 1 fully saturated rings. The summed E-state index contributed by atoms with van der Waals surface area (Å²) in [6, 6.07) is 0.988. The van der Waals surface area contributed by atoms with E-state index in [0.29, 0.717) is 25.2 Å². The second-order valence-corrected chi connectivity index (χ2v) is 4.37. The lowest BCUT2D eigenvalue weighted by atomic mass is 9.97. The average Bonchev–Trinajstić information content (AvgIpc) is 2.21. The van der Waals surface area contributed by atoms with Crippen molar-refractivity contribution in [2.45, 2.75) is 45.2 Å². The van der Waals surface area contributed by atoms with Crippen LogP contribution in [-0.2, 0) is 4.79 Å². The molecule has 0 radical (unpaired) electrons. The number of amides is 1. The van der Waals surface area contributed by atoms with Crippen LogP contribution >= 0.6 is 0 Å². The van der Waals surface area contributed by atoms with Crippen LogP contribution in [0.15, 0.2) is 0 Å². The summed E-state index contributed by atoms with van der Waals surface area (Å²) < 4.78 is 0. The van der Waals surface area contributed by atoms with Crippen molar-refractivity contribution in [2.24, 2.45) is 0 Å². The van der Waals surface area contributed by atoms with E-state index in [9.17, 15) is 4.79 Å². The van der Waals surface area contributed by atoms with Crippen molar-refractivity contribution in [1.29, 1.82) is 0 Å². The molecule has 0 spiro atoms. The molecule has 4 heteroatoms. The molecule has 2 N–H and O–H groups in total. The molecule has 1 amide bonds. The lowest BCUT2D eigenvalue weighted by Gasteiger charge is -2.38. The van der Waals surface area contributed by atoms with E-state index in [2.05, 4.69) is 24.1 Å². The molecule has 1 rings (SSSR count). The summed E-state index contributed by atoms with van der Waals surface area (Å²) in [5.74, 6) is 0.0182. The van der Waals surface area contributed by atoms with E-state index >= 15 is 0 Å². The zero-order valence-corrected chi connectivity index (χ0v) is 9.70. The van der Waals surface area contributed by atoms with Gasteiger partial charge in [0.05, 0.1) is 13.2 Å². The number of hydrogen-bond donors (Lipinski definition) is 2. The molecule has 0 aromatic heterocycles. The van der Waals surface area contributed by atoms with Crippen LogP contribution in [0.5, 0.6) is 0 Å². The van der Waals surface area contributed by atoms with Crippen LogP contribution in [0.25, 0.3) is 0 Å². The van der Waals surface area contributed by atoms with Gasteiger partial charge in [-0.15, -0.1) is 0 Å². The van der Waals surface area contributed by atoms with Crippen molar-refractivity contribution >= 4 is 5.91 Å². The van der Waals surface area contributed by atoms with Crippen molar-refractivity contribution < 1.29 is 9.90 Å². The molecule has 0 saturated carbocycles. The quantitative estimate of drug-likeness (QED) is 0.710. The number of nitrogens with zero attached hydrogens (tertiary/aromatic N) is 1. The number of likely N-dealkylation sites (tertiary alicyclic amines) is 1. The Bertz CT molecular complexity index is 199. The fourth-order valence-corrected chi connectivity index (χ4v) is 2.20. The Hall–Kier alpha value is -0.610. The third-order valence-corrected chi connectivity index (χ3v) is 3.14. The van der Waals surface area contributed by atoms with Crippen LogP contribution in [0.2, 0.25) is 0 Å². The first-order valence-electron chi connectivity index (χ1n) is 5.78. The summed E-state index contributed by atoms with van der Waals surface area (Å²) in [4.78, 5) is 13.7. The SMILES string of the molecule is CC1CCCC(C)N1CC(=O)NCCO. The molecule has 2 atom stereocenters.